The van der Waals surface area contributed by atoms with Crippen LogP contribution >= 0.6 is 12.4 Å². The fourth-order valence-corrected chi connectivity index (χ4v) is 3.10. The normalized spacial score (nSPS) is 23.7. The molecular formula is C17H25ClN4O. The average molecular weight is 337 g/mol. The number of hydrogen-bond acceptors (Lipinski definition) is 4. The number of aromatic nitrogens is 3. The van der Waals surface area contributed by atoms with Crippen molar-refractivity contribution in [2.75, 3.05) is 0 Å². The molecule has 1 aromatic carbocycles. The van der Waals surface area contributed by atoms with Crippen molar-refractivity contribution in [3.8, 4) is 11.4 Å². The molecule has 1 aliphatic carbocycles. The predicted octanol–water partition coefficient (Wildman–Crippen LogP) is 2.73. The zero-order valence-electron chi connectivity index (χ0n) is 13.4. The predicted molar refractivity (Wildman–Crippen MR) is 93.6 cm³/mol. The van der Waals surface area contributed by atoms with Gasteiger partial charge in [-0.3, -0.25) is 0 Å². The third kappa shape index (κ3) is 3.91. The monoisotopic (exact) mass is 336 g/mol. The van der Waals surface area contributed by atoms with Gasteiger partial charge in [0.05, 0.1) is 6.10 Å². The van der Waals surface area contributed by atoms with Crippen LogP contribution in [0.4, 0.5) is 0 Å². The number of nitrogens with two attached hydrogens (primary N) is 1. The molecule has 0 bridgehead atoms. The molecule has 0 radical (unpaired) electrons. The maximum Gasteiger partial charge on any atom is 0.181 e. The molecule has 1 saturated carbocycles. The lowest BCUT2D eigenvalue weighted by Crippen LogP contribution is -2.28. The highest BCUT2D eigenvalue weighted by atomic mass is 35.5. The molecule has 126 valence electrons. The first kappa shape index (κ1) is 17.9. The number of hydrogen-bond donors (Lipinski definition) is 2. The van der Waals surface area contributed by atoms with Crippen molar-refractivity contribution < 1.29 is 5.11 Å². The Morgan fingerprint density at radius 3 is 2.61 bits per heavy atom. The van der Waals surface area contributed by atoms with E-state index < -0.39 is 6.10 Å². The van der Waals surface area contributed by atoms with Crippen LogP contribution in [0.25, 0.3) is 11.4 Å². The molecule has 0 amide bonds. The summed E-state index contributed by atoms with van der Waals surface area (Å²) in [6, 6.07) is 9.89. The number of benzene rings is 1. The summed E-state index contributed by atoms with van der Waals surface area (Å²) in [7, 11) is 0. The van der Waals surface area contributed by atoms with E-state index in [0.717, 1.165) is 43.0 Å². The van der Waals surface area contributed by atoms with Crippen LogP contribution in [-0.2, 0) is 6.54 Å². The van der Waals surface area contributed by atoms with E-state index in [-0.39, 0.29) is 24.4 Å². The Hall–Kier alpha value is -1.43. The Bertz CT molecular complexity index is 606. The standard InChI is InChI=1S/C17H24N4O.ClH/c1-2-3-9-21-17(13-10-14(18)15(22)11-13)19-16(20-21)12-7-5-4-6-8-12;/h4-8,13-15,22H,2-3,9-11,18H2,1H3;1H/t13-,14+,15+;/m0./s1. The van der Waals surface area contributed by atoms with Crippen molar-refractivity contribution >= 4 is 12.4 Å². The van der Waals surface area contributed by atoms with E-state index in [1.165, 1.54) is 0 Å². The van der Waals surface area contributed by atoms with Gasteiger partial charge in [-0.1, -0.05) is 43.7 Å². The first-order chi connectivity index (χ1) is 10.7. The van der Waals surface area contributed by atoms with E-state index in [2.05, 4.69) is 6.92 Å². The topological polar surface area (TPSA) is 77.0 Å². The van der Waals surface area contributed by atoms with Crippen molar-refractivity contribution in [3.05, 3.63) is 36.2 Å². The quantitative estimate of drug-likeness (QED) is 0.880. The van der Waals surface area contributed by atoms with Crippen LogP contribution in [0.5, 0.6) is 0 Å². The SMILES string of the molecule is CCCCn1nc(-c2ccccc2)nc1[C@H]1C[C@@H](N)[C@H](O)C1.Cl. The fourth-order valence-electron chi connectivity index (χ4n) is 3.10. The van der Waals surface area contributed by atoms with Gasteiger partial charge in [-0.25, -0.2) is 9.67 Å². The Morgan fingerprint density at radius 1 is 1.26 bits per heavy atom. The average Bonchev–Trinajstić information content (AvgIpc) is 3.10. The second-order valence-electron chi connectivity index (χ2n) is 6.14. The van der Waals surface area contributed by atoms with Gasteiger partial charge in [-0.05, 0) is 19.3 Å². The molecule has 0 spiro atoms. The van der Waals surface area contributed by atoms with Crippen LogP contribution in [-0.4, -0.2) is 32.0 Å². The number of halogens is 1. The molecule has 0 unspecified atom stereocenters. The van der Waals surface area contributed by atoms with Crippen LogP contribution in [0.2, 0.25) is 0 Å². The van der Waals surface area contributed by atoms with E-state index in [9.17, 15) is 5.11 Å². The van der Waals surface area contributed by atoms with Gasteiger partial charge in [0, 0.05) is 24.1 Å². The van der Waals surface area contributed by atoms with Crippen LogP contribution in [0.1, 0.15) is 44.3 Å². The molecule has 23 heavy (non-hydrogen) atoms. The maximum atomic E-state index is 9.94. The number of aliphatic hydroxyl groups is 1. The molecule has 3 N–H and O–H groups in total. The van der Waals surface area contributed by atoms with Crippen molar-refractivity contribution in [1.29, 1.82) is 0 Å². The van der Waals surface area contributed by atoms with Crippen molar-refractivity contribution in [2.45, 2.75) is 57.2 Å². The smallest absolute Gasteiger partial charge is 0.181 e. The van der Waals surface area contributed by atoms with Gasteiger partial charge in [0.2, 0.25) is 0 Å². The summed E-state index contributed by atoms with van der Waals surface area (Å²) in [5.41, 5.74) is 7.00. The maximum absolute atomic E-state index is 9.94. The number of unbranched alkanes of at least 4 members (excludes halogenated alkanes) is 1. The van der Waals surface area contributed by atoms with Gasteiger partial charge in [-0.2, -0.15) is 5.10 Å². The first-order valence-electron chi connectivity index (χ1n) is 8.12. The summed E-state index contributed by atoms with van der Waals surface area (Å²) >= 11 is 0. The number of aliphatic hydroxyl groups excluding tert-OH is 1. The summed E-state index contributed by atoms with van der Waals surface area (Å²) in [4.78, 5) is 4.77. The van der Waals surface area contributed by atoms with Crippen LogP contribution in [0, 0.1) is 0 Å². The molecular weight excluding hydrogens is 312 g/mol. The minimum Gasteiger partial charge on any atom is -0.391 e. The summed E-state index contributed by atoms with van der Waals surface area (Å²) in [5, 5.41) is 14.6. The summed E-state index contributed by atoms with van der Waals surface area (Å²) < 4.78 is 2.02. The van der Waals surface area contributed by atoms with Crippen LogP contribution in [0.3, 0.4) is 0 Å². The lowest BCUT2D eigenvalue weighted by molar-refractivity contribution is 0.163. The summed E-state index contributed by atoms with van der Waals surface area (Å²) in [5.74, 6) is 1.94. The third-order valence-electron chi connectivity index (χ3n) is 4.40. The molecule has 1 aromatic heterocycles. The lowest BCUT2D eigenvalue weighted by atomic mass is 10.1. The van der Waals surface area contributed by atoms with Crippen molar-refractivity contribution in [2.24, 2.45) is 5.73 Å². The summed E-state index contributed by atoms with van der Waals surface area (Å²) in [6.07, 6.45) is 3.22. The largest absolute Gasteiger partial charge is 0.391 e. The molecule has 3 rings (SSSR count). The van der Waals surface area contributed by atoms with Crippen LogP contribution < -0.4 is 5.73 Å². The minimum absolute atomic E-state index is 0. The zero-order valence-corrected chi connectivity index (χ0v) is 14.2. The molecule has 3 atom stereocenters. The van der Waals surface area contributed by atoms with E-state index in [1.54, 1.807) is 0 Å². The molecule has 1 heterocycles. The van der Waals surface area contributed by atoms with E-state index >= 15 is 0 Å². The number of nitrogens with zero attached hydrogens (tertiary/aromatic N) is 3. The van der Waals surface area contributed by atoms with E-state index in [1.807, 2.05) is 35.0 Å². The Kier molecular flexibility index (Phi) is 6.16. The second kappa shape index (κ2) is 7.90. The van der Waals surface area contributed by atoms with Gasteiger partial charge >= 0.3 is 0 Å². The third-order valence-corrected chi connectivity index (χ3v) is 4.40. The molecule has 0 aliphatic heterocycles. The van der Waals surface area contributed by atoms with Gasteiger partial charge in [0.25, 0.3) is 0 Å². The molecule has 1 aliphatic rings. The van der Waals surface area contributed by atoms with Crippen molar-refractivity contribution in [1.82, 2.24) is 14.8 Å². The van der Waals surface area contributed by atoms with Crippen LogP contribution in [0.15, 0.2) is 30.3 Å². The zero-order chi connectivity index (χ0) is 15.5. The number of rotatable bonds is 5. The van der Waals surface area contributed by atoms with E-state index in [0.29, 0.717) is 6.42 Å². The first-order valence-corrected chi connectivity index (χ1v) is 8.12. The van der Waals surface area contributed by atoms with Gasteiger partial charge in [0.1, 0.15) is 5.82 Å². The van der Waals surface area contributed by atoms with Gasteiger partial charge < -0.3 is 10.8 Å². The minimum atomic E-state index is -0.429. The Labute approximate surface area is 143 Å². The summed E-state index contributed by atoms with van der Waals surface area (Å²) in [6.45, 7) is 3.04. The van der Waals surface area contributed by atoms with Crippen molar-refractivity contribution in [3.63, 3.8) is 0 Å². The Morgan fingerprint density at radius 2 is 2.00 bits per heavy atom. The lowest BCUT2D eigenvalue weighted by Gasteiger charge is -2.10. The fraction of sp³-hybridized carbons (Fsp3) is 0.529. The number of aryl methyl sites for hydroxylation is 1. The molecule has 0 saturated heterocycles. The Balaban J connectivity index is 0.00000192. The second-order valence-corrected chi connectivity index (χ2v) is 6.14. The molecule has 1 fully saturated rings. The highest BCUT2D eigenvalue weighted by Gasteiger charge is 2.34. The van der Waals surface area contributed by atoms with Gasteiger partial charge in [-0.15, -0.1) is 12.4 Å². The molecule has 2 aromatic rings. The molecule has 5 nitrogen and oxygen atoms in total. The van der Waals surface area contributed by atoms with E-state index in [4.69, 9.17) is 15.8 Å². The highest BCUT2D eigenvalue weighted by Crippen LogP contribution is 2.34. The molecule has 6 heteroatoms. The highest BCUT2D eigenvalue weighted by molar-refractivity contribution is 5.85. The van der Waals surface area contributed by atoms with Gasteiger partial charge in [0.15, 0.2) is 5.82 Å².